The van der Waals surface area contributed by atoms with Crippen LogP contribution in [0.5, 0.6) is 0 Å². The van der Waals surface area contributed by atoms with E-state index in [0.717, 1.165) is 63.7 Å². The molecule has 0 rings (SSSR count). The van der Waals surface area contributed by atoms with Crippen LogP contribution in [0, 0.1) is 5.92 Å². The fourth-order valence-corrected chi connectivity index (χ4v) is 5.62. The molecule has 0 aromatic rings. The number of Topliss-reactive ketones (excluding diaryl/α,β-unsaturated/α-hetero) is 1. The number of ketones is 1. The van der Waals surface area contributed by atoms with Crippen LogP contribution in [-0.4, -0.2) is 18.4 Å². The smallest absolute Gasteiger partial charge is 0.305 e. The third-order valence-corrected chi connectivity index (χ3v) is 8.37. The zero-order valence-electron chi connectivity index (χ0n) is 27.0. The van der Waals surface area contributed by atoms with Gasteiger partial charge in [0.05, 0.1) is 6.61 Å². The van der Waals surface area contributed by atoms with Crippen LogP contribution in [0.2, 0.25) is 0 Å². The lowest BCUT2D eigenvalue weighted by Crippen LogP contribution is -2.10. The highest BCUT2D eigenvalue weighted by molar-refractivity contribution is 5.78. The Labute approximate surface area is 245 Å². The molecule has 3 nitrogen and oxygen atoms in total. The van der Waals surface area contributed by atoms with E-state index in [1.54, 1.807) is 0 Å². The van der Waals surface area contributed by atoms with Gasteiger partial charge in [-0.1, -0.05) is 162 Å². The van der Waals surface area contributed by atoms with Crippen LogP contribution in [0.4, 0.5) is 0 Å². The van der Waals surface area contributed by atoms with E-state index in [9.17, 15) is 9.59 Å². The van der Waals surface area contributed by atoms with Crippen molar-refractivity contribution < 1.29 is 14.3 Å². The van der Waals surface area contributed by atoms with Crippen molar-refractivity contribution >= 4 is 11.8 Å². The molecule has 0 aliphatic heterocycles. The minimum Gasteiger partial charge on any atom is -0.466 e. The van der Waals surface area contributed by atoms with Crippen molar-refractivity contribution in [2.24, 2.45) is 5.92 Å². The van der Waals surface area contributed by atoms with Gasteiger partial charge in [0, 0.05) is 19.3 Å². The van der Waals surface area contributed by atoms with Crippen LogP contribution in [0.25, 0.3) is 0 Å². The van der Waals surface area contributed by atoms with Crippen molar-refractivity contribution in [2.45, 2.75) is 207 Å². The molecule has 0 saturated carbocycles. The van der Waals surface area contributed by atoms with Gasteiger partial charge in [0.25, 0.3) is 0 Å². The molecule has 0 heterocycles. The summed E-state index contributed by atoms with van der Waals surface area (Å²) < 4.78 is 5.59. The predicted molar refractivity (Wildman–Crippen MR) is 170 cm³/mol. The third-order valence-electron chi connectivity index (χ3n) is 8.37. The minimum absolute atomic E-state index is 0.0163. The maximum absolute atomic E-state index is 12.2. The van der Waals surface area contributed by atoms with E-state index in [0.29, 0.717) is 18.8 Å². The Morgan fingerprint density at radius 3 is 1.23 bits per heavy atom. The maximum atomic E-state index is 12.2. The standard InChI is InChI=1S/C36H70O3/c1-4-7-10-13-14-15-16-17-19-24-29-35(37)30-25-20-18-21-26-31-36(38)39-33-32-34(27-22-11-8-5-2)28-23-12-9-6-3/h34H,4-33H2,1-3H3. The zero-order valence-corrected chi connectivity index (χ0v) is 27.0. The van der Waals surface area contributed by atoms with Gasteiger partial charge in [-0.25, -0.2) is 0 Å². The van der Waals surface area contributed by atoms with E-state index in [1.807, 2.05) is 0 Å². The van der Waals surface area contributed by atoms with Gasteiger partial charge in [-0.15, -0.1) is 0 Å². The van der Waals surface area contributed by atoms with Crippen molar-refractivity contribution in [1.29, 1.82) is 0 Å². The van der Waals surface area contributed by atoms with Gasteiger partial charge in [-0.3, -0.25) is 9.59 Å². The lowest BCUT2D eigenvalue weighted by Gasteiger charge is -2.17. The molecule has 0 aromatic heterocycles. The largest absolute Gasteiger partial charge is 0.466 e. The molecule has 0 spiro atoms. The van der Waals surface area contributed by atoms with Gasteiger partial charge < -0.3 is 4.74 Å². The van der Waals surface area contributed by atoms with E-state index in [-0.39, 0.29) is 5.97 Å². The second-order valence-electron chi connectivity index (χ2n) is 12.3. The maximum Gasteiger partial charge on any atom is 0.305 e. The Morgan fingerprint density at radius 2 is 0.795 bits per heavy atom. The highest BCUT2D eigenvalue weighted by Gasteiger charge is 2.11. The second kappa shape index (κ2) is 31.7. The first-order valence-electron chi connectivity index (χ1n) is 17.8. The van der Waals surface area contributed by atoms with Gasteiger partial charge >= 0.3 is 5.97 Å². The second-order valence-corrected chi connectivity index (χ2v) is 12.3. The van der Waals surface area contributed by atoms with Crippen LogP contribution < -0.4 is 0 Å². The van der Waals surface area contributed by atoms with Crippen LogP contribution in [0.15, 0.2) is 0 Å². The molecule has 0 aliphatic carbocycles. The molecule has 232 valence electrons. The Balaban J connectivity index is 3.62. The lowest BCUT2D eigenvalue weighted by atomic mass is 9.92. The number of hydrogen-bond acceptors (Lipinski definition) is 3. The number of rotatable bonds is 32. The highest BCUT2D eigenvalue weighted by Crippen LogP contribution is 2.22. The zero-order chi connectivity index (χ0) is 28.7. The fourth-order valence-electron chi connectivity index (χ4n) is 5.62. The summed E-state index contributed by atoms with van der Waals surface area (Å²) in [6.45, 7) is 7.41. The van der Waals surface area contributed by atoms with E-state index < -0.39 is 0 Å². The molecule has 0 aromatic carbocycles. The fraction of sp³-hybridized carbons (Fsp3) is 0.944. The molecule has 3 heteroatoms. The molecule has 0 amide bonds. The molecular weight excluding hydrogens is 480 g/mol. The topological polar surface area (TPSA) is 43.4 Å². The summed E-state index contributed by atoms with van der Waals surface area (Å²) in [6, 6.07) is 0. The number of ether oxygens (including phenoxy) is 1. The first kappa shape index (κ1) is 38.1. The number of carbonyl (C=O) groups is 2. The average molecular weight is 551 g/mol. The molecule has 0 atom stereocenters. The molecule has 0 bridgehead atoms. The molecule has 0 radical (unpaired) electrons. The summed E-state index contributed by atoms with van der Waals surface area (Å²) in [5.74, 6) is 1.16. The molecule has 0 saturated heterocycles. The normalized spacial score (nSPS) is 11.4. The first-order chi connectivity index (χ1) is 19.1. The van der Waals surface area contributed by atoms with Crippen molar-refractivity contribution in [3.05, 3.63) is 0 Å². The quantitative estimate of drug-likeness (QED) is 0.0618. The van der Waals surface area contributed by atoms with E-state index in [1.165, 1.54) is 122 Å². The van der Waals surface area contributed by atoms with E-state index >= 15 is 0 Å². The molecular formula is C36H70O3. The molecule has 0 N–H and O–H groups in total. The van der Waals surface area contributed by atoms with Gasteiger partial charge in [-0.2, -0.15) is 0 Å². The predicted octanol–water partition coefficient (Wildman–Crippen LogP) is 12.1. The third kappa shape index (κ3) is 29.9. The van der Waals surface area contributed by atoms with E-state index in [4.69, 9.17) is 4.74 Å². The molecule has 0 unspecified atom stereocenters. The Morgan fingerprint density at radius 1 is 0.436 bits per heavy atom. The van der Waals surface area contributed by atoms with Gasteiger partial charge in [0.2, 0.25) is 0 Å². The number of carbonyl (C=O) groups excluding carboxylic acids is 2. The van der Waals surface area contributed by atoms with E-state index in [2.05, 4.69) is 20.8 Å². The van der Waals surface area contributed by atoms with Gasteiger partial charge in [0.1, 0.15) is 5.78 Å². The Kier molecular flexibility index (Phi) is 31.0. The summed E-state index contributed by atoms with van der Waals surface area (Å²) in [7, 11) is 0. The van der Waals surface area contributed by atoms with Crippen molar-refractivity contribution in [3.63, 3.8) is 0 Å². The summed E-state index contributed by atoms with van der Waals surface area (Å²) in [5.41, 5.74) is 0. The van der Waals surface area contributed by atoms with Crippen molar-refractivity contribution in [3.8, 4) is 0 Å². The minimum atomic E-state index is -0.0163. The Bertz CT molecular complexity index is 503. The summed E-state index contributed by atoms with van der Waals surface area (Å²) in [4.78, 5) is 24.3. The van der Waals surface area contributed by atoms with Gasteiger partial charge in [-0.05, 0) is 31.6 Å². The lowest BCUT2D eigenvalue weighted by molar-refractivity contribution is -0.144. The van der Waals surface area contributed by atoms with Crippen LogP contribution in [0.3, 0.4) is 0 Å². The van der Waals surface area contributed by atoms with Gasteiger partial charge in [0.15, 0.2) is 0 Å². The summed E-state index contributed by atoms with van der Waals surface area (Å²) in [6.07, 6.45) is 34.7. The summed E-state index contributed by atoms with van der Waals surface area (Å²) in [5, 5.41) is 0. The summed E-state index contributed by atoms with van der Waals surface area (Å²) >= 11 is 0. The monoisotopic (exact) mass is 551 g/mol. The molecule has 0 fully saturated rings. The molecule has 0 aliphatic rings. The van der Waals surface area contributed by atoms with Crippen molar-refractivity contribution in [2.75, 3.05) is 6.61 Å². The highest BCUT2D eigenvalue weighted by atomic mass is 16.5. The molecule has 39 heavy (non-hydrogen) atoms. The van der Waals surface area contributed by atoms with Crippen molar-refractivity contribution in [1.82, 2.24) is 0 Å². The van der Waals surface area contributed by atoms with Crippen LogP contribution in [0.1, 0.15) is 207 Å². The SMILES string of the molecule is CCCCCCCCCCCCC(=O)CCCCCCCC(=O)OCCC(CCCCCC)CCCCCC. The first-order valence-corrected chi connectivity index (χ1v) is 17.8. The number of hydrogen-bond donors (Lipinski definition) is 0. The van der Waals surface area contributed by atoms with Crippen LogP contribution in [-0.2, 0) is 14.3 Å². The Hall–Kier alpha value is -0.860. The number of unbranched alkanes of at least 4 members (excludes halogenated alkanes) is 19. The average Bonchev–Trinajstić information content (AvgIpc) is 2.93. The number of esters is 1. The van der Waals surface area contributed by atoms with Crippen LogP contribution >= 0.6 is 0 Å².